The van der Waals surface area contributed by atoms with Gasteiger partial charge < -0.3 is 10.4 Å². The maximum absolute atomic E-state index is 11.5. The summed E-state index contributed by atoms with van der Waals surface area (Å²) in [5.41, 5.74) is 0.779. The van der Waals surface area contributed by atoms with Crippen LogP contribution in [0.4, 0.5) is 0 Å². The Kier molecular flexibility index (Phi) is 5.39. The average molecular weight is 268 g/mol. The van der Waals surface area contributed by atoms with Crippen LogP contribution in [-0.4, -0.2) is 23.0 Å². The summed E-state index contributed by atoms with van der Waals surface area (Å²) in [7, 11) is 0. The smallest absolute Gasteiger partial charge is 0.326 e. The molecule has 0 saturated carbocycles. The Bertz CT molecular complexity index is 471. The molecular weight excluding hydrogens is 254 g/mol. The standard InChI is InChI=1S/C13H14ClNO3/c1-2-11(13(17)18)15-12(16)7-6-9-4-3-5-10(14)8-9/h3-8,11H,2H2,1H3,(H,15,16)(H,17,18)/b7-6+/t11-/m0/s1. The first-order valence-corrected chi connectivity index (χ1v) is 5.87. The van der Waals surface area contributed by atoms with E-state index in [1.54, 1.807) is 37.3 Å². The van der Waals surface area contributed by atoms with Gasteiger partial charge in [-0.05, 0) is 30.2 Å². The maximum Gasteiger partial charge on any atom is 0.326 e. The fourth-order valence-corrected chi connectivity index (χ4v) is 1.54. The lowest BCUT2D eigenvalue weighted by Crippen LogP contribution is -2.39. The summed E-state index contributed by atoms with van der Waals surface area (Å²) in [6, 6.07) is 6.15. The number of halogens is 1. The third-order valence-corrected chi connectivity index (χ3v) is 2.53. The van der Waals surface area contributed by atoms with Crippen molar-refractivity contribution in [3.05, 3.63) is 40.9 Å². The molecule has 0 fully saturated rings. The number of carbonyl (C=O) groups excluding carboxylic acids is 1. The van der Waals surface area contributed by atoms with E-state index in [1.807, 2.05) is 0 Å². The van der Waals surface area contributed by atoms with Crippen molar-refractivity contribution in [3.8, 4) is 0 Å². The Morgan fingerprint density at radius 3 is 2.78 bits per heavy atom. The summed E-state index contributed by atoms with van der Waals surface area (Å²) in [5.74, 6) is -1.48. The van der Waals surface area contributed by atoms with Crippen LogP contribution in [0.2, 0.25) is 5.02 Å². The second kappa shape index (κ2) is 6.81. The van der Waals surface area contributed by atoms with Gasteiger partial charge in [-0.2, -0.15) is 0 Å². The quantitative estimate of drug-likeness (QED) is 0.805. The first kappa shape index (κ1) is 14.3. The zero-order chi connectivity index (χ0) is 13.5. The molecule has 18 heavy (non-hydrogen) atoms. The Balaban J connectivity index is 2.62. The SMILES string of the molecule is CC[C@H](NC(=O)/C=C/c1cccc(Cl)c1)C(=O)O. The van der Waals surface area contributed by atoms with Gasteiger partial charge in [-0.25, -0.2) is 4.79 Å². The minimum atomic E-state index is -1.04. The molecule has 1 atom stereocenters. The van der Waals surface area contributed by atoms with E-state index in [0.29, 0.717) is 11.4 Å². The highest BCUT2D eigenvalue weighted by molar-refractivity contribution is 6.30. The molecule has 1 rings (SSSR count). The molecule has 5 heteroatoms. The summed E-state index contributed by atoms with van der Waals surface area (Å²) in [6.45, 7) is 1.69. The Hall–Kier alpha value is -1.81. The van der Waals surface area contributed by atoms with Gasteiger partial charge in [0.05, 0.1) is 0 Å². The Labute approximate surface area is 110 Å². The summed E-state index contributed by atoms with van der Waals surface area (Å²) in [6.07, 6.45) is 3.21. The summed E-state index contributed by atoms with van der Waals surface area (Å²) in [4.78, 5) is 22.2. The number of aliphatic carboxylic acids is 1. The molecule has 0 radical (unpaired) electrons. The number of carboxylic acid groups (broad SMARTS) is 1. The van der Waals surface area contributed by atoms with Gasteiger partial charge >= 0.3 is 5.97 Å². The number of rotatable bonds is 5. The third kappa shape index (κ3) is 4.59. The normalized spacial score (nSPS) is 12.3. The molecule has 0 unspecified atom stereocenters. The lowest BCUT2D eigenvalue weighted by molar-refractivity contribution is -0.141. The van der Waals surface area contributed by atoms with Gasteiger partial charge in [0.25, 0.3) is 0 Å². The van der Waals surface area contributed by atoms with Gasteiger partial charge in [-0.15, -0.1) is 0 Å². The van der Waals surface area contributed by atoms with E-state index in [1.165, 1.54) is 6.08 Å². The van der Waals surface area contributed by atoms with E-state index >= 15 is 0 Å². The number of amides is 1. The van der Waals surface area contributed by atoms with Crippen molar-refractivity contribution in [3.63, 3.8) is 0 Å². The van der Waals surface area contributed by atoms with Crippen LogP contribution in [0.3, 0.4) is 0 Å². The molecule has 0 aliphatic heterocycles. The third-order valence-electron chi connectivity index (χ3n) is 2.30. The zero-order valence-corrected chi connectivity index (χ0v) is 10.6. The Morgan fingerprint density at radius 1 is 1.50 bits per heavy atom. The lowest BCUT2D eigenvalue weighted by Gasteiger charge is -2.09. The van der Waals surface area contributed by atoms with Gasteiger partial charge in [-0.3, -0.25) is 4.79 Å². The molecule has 1 aromatic carbocycles. The molecule has 0 bridgehead atoms. The van der Waals surface area contributed by atoms with E-state index < -0.39 is 17.9 Å². The van der Waals surface area contributed by atoms with Crippen molar-refractivity contribution in [1.82, 2.24) is 5.32 Å². The topological polar surface area (TPSA) is 66.4 Å². The van der Waals surface area contributed by atoms with E-state index in [-0.39, 0.29) is 0 Å². The van der Waals surface area contributed by atoms with Crippen molar-refractivity contribution in [2.24, 2.45) is 0 Å². The maximum atomic E-state index is 11.5. The lowest BCUT2D eigenvalue weighted by atomic mass is 10.2. The summed E-state index contributed by atoms with van der Waals surface area (Å²) < 4.78 is 0. The predicted octanol–water partition coefficient (Wildman–Crippen LogP) is 2.33. The summed E-state index contributed by atoms with van der Waals surface area (Å²) in [5, 5.41) is 11.8. The molecule has 0 aliphatic rings. The second-order valence-corrected chi connectivity index (χ2v) is 4.13. The van der Waals surface area contributed by atoms with E-state index in [0.717, 1.165) is 5.56 Å². The number of carbonyl (C=O) groups is 2. The fraction of sp³-hybridized carbons (Fsp3) is 0.231. The van der Waals surface area contributed by atoms with Crippen LogP contribution < -0.4 is 5.32 Å². The first-order valence-electron chi connectivity index (χ1n) is 5.50. The molecule has 1 amide bonds. The van der Waals surface area contributed by atoms with Crippen LogP contribution in [0.25, 0.3) is 6.08 Å². The monoisotopic (exact) mass is 267 g/mol. The van der Waals surface area contributed by atoms with Gasteiger partial charge in [0, 0.05) is 11.1 Å². The second-order valence-electron chi connectivity index (χ2n) is 3.70. The zero-order valence-electron chi connectivity index (χ0n) is 9.89. The van der Waals surface area contributed by atoms with Crippen LogP contribution >= 0.6 is 11.6 Å². The van der Waals surface area contributed by atoms with E-state index in [4.69, 9.17) is 16.7 Å². The van der Waals surface area contributed by atoms with Gasteiger partial charge in [0.15, 0.2) is 0 Å². The highest BCUT2D eigenvalue weighted by atomic mass is 35.5. The number of carboxylic acids is 1. The van der Waals surface area contributed by atoms with Gasteiger partial charge in [0.1, 0.15) is 6.04 Å². The van der Waals surface area contributed by atoms with Gasteiger partial charge in [-0.1, -0.05) is 30.7 Å². The Morgan fingerprint density at radius 2 is 2.22 bits per heavy atom. The first-order chi connectivity index (χ1) is 8.52. The molecule has 4 nitrogen and oxygen atoms in total. The molecular formula is C13H14ClNO3. The number of benzene rings is 1. The molecule has 1 aromatic rings. The largest absolute Gasteiger partial charge is 0.480 e. The minimum Gasteiger partial charge on any atom is -0.480 e. The highest BCUT2D eigenvalue weighted by Gasteiger charge is 2.15. The van der Waals surface area contributed by atoms with Gasteiger partial charge in [0.2, 0.25) is 5.91 Å². The molecule has 0 aromatic heterocycles. The summed E-state index contributed by atoms with van der Waals surface area (Å²) >= 11 is 5.80. The average Bonchev–Trinajstić information content (AvgIpc) is 2.33. The molecule has 96 valence electrons. The number of nitrogens with one attached hydrogen (secondary N) is 1. The van der Waals surface area contributed by atoms with Crippen LogP contribution in [0.5, 0.6) is 0 Å². The highest BCUT2D eigenvalue weighted by Crippen LogP contribution is 2.11. The minimum absolute atomic E-state index is 0.339. The molecule has 0 saturated heterocycles. The van der Waals surface area contributed by atoms with Crippen molar-refractivity contribution in [1.29, 1.82) is 0 Å². The van der Waals surface area contributed by atoms with E-state index in [9.17, 15) is 9.59 Å². The molecule has 0 heterocycles. The molecule has 0 aliphatic carbocycles. The van der Waals surface area contributed by atoms with Crippen LogP contribution in [0, 0.1) is 0 Å². The van der Waals surface area contributed by atoms with Crippen LogP contribution in [-0.2, 0) is 9.59 Å². The molecule has 0 spiro atoms. The van der Waals surface area contributed by atoms with Crippen LogP contribution in [0.1, 0.15) is 18.9 Å². The number of hydrogen-bond donors (Lipinski definition) is 2. The van der Waals surface area contributed by atoms with E-state index in [2.05, 4.69) is 5.32 Å². The fourth-order valence-electron chi connectivity index (χ4n) is 1.34. The van der Waals surface area contributed by atoms with Crippen molar-refractivity contribution in [2.45, 2.75) is 19.4 Å². The van der Waals surface area contributed by atoms with Crippen molar-refractivity contribution < 1.29 is 14.7 Å². The predicted molar refractivity (Wildman–Crippen MR) is 70.3 cm³/mol. The number of hydrogen-bond acceptors (Lipinski definition) is 2. The van der Waals surface area contributed by atoms with Crippen LogP contribution in [0.15, 0.2) is 30.3 Å². The molecule has 2 N–H and O–H groups in total. The van der Waals surface area contributed by atoms with Crippen molar-refractivity contribution >= 4 is 29.6 Å². The van der Waals surface area contributed by atoms with Crippen molar-refractivity contribution in [2.75, 3.05) is 0 Å².